The van der Waals surface area contributed by atoms with Gasteiger partial charge in [0.05, 0.1) is 0 Å². The van der Waals surface area contributed by atoms with Gasteiger partial charge in [-0.15, -0.1) is 0 Å². The number of rotatable bonds is 4. The lowest BCUT2D eigenvalue weighted by Gasteiger charge is -2.37. The molecular formula is C25H27N5O3. The number of piperazine rings is 1. The number of aryl methyl sites for hydroxylation is 2. The average Bonchev–Trinajstić information content (AvgIpc) is 2.84. The van der Waals surface area contributed by atoms with Crippen molar-refractivity contribution in [2.75, 3.05) is 43.0 Å². The molecule has 5 rings (SSSR count). The number of carbonyl (C=O) groups is 1. The van der Waals surface area contributed by atoms with E-state index in [1.807, 2.05) is 54.3 Å². The number of amides is 1. The molecule has 3 heterocycles. The SMILES string of the molecule is Cc1ccc(Nc2cc(C)nc(N3CCN(C(=O)C4COc5ccccc5O4)CC3)n2)cc1. The molecule has 8 heteroatoms. The Hall–Kier alpha value is -3.81. The summed E-state index contributed by atoms with van der Waals surface area (Å²) < 4.78 is 11.6. The van der Waals surface area contributed by atoms with E-state index in [1.54, 1.807) is 0 Å². The lowest BCUT2D eigenvalue weighted by molar-refractivity contribution is -0.141. The van der Waals surface area contributed by atoms with Crippen LogP contribution in [0.5, 0.6) is 11.5 Å². The molecule has 1 N–H and O–H groups in total. The van der Waals surface area contributed by atoms with E-state index < -0.39 is 6.10 Å². The first-order chi connectivity index (χ1) is 16.0. The second-order valence-corrected chi connectivity index (χ2v) is 8.36. The molecule has 0 aliphatic carbocycles. The predicted molar refractivity (Wildman–Crippen MR) is 126 cm³/mol. The van der Waals surface area contributed by atoms with Gasteiger partial charge in [-0.25, -0.2) is 4.98 Å². The third-order valence-electron chi connectivity index (χ3n) is 5.82. The van der Waals surface area contributed by atoms with E-state index in [0.717, 1.165) is 17.2 Å². The van der Waals surface area contributed by atoms with Crippen LogP contribution >= 0.6 is 0 Å². The van der Waals surface area contributed by atoms with E-state index in [4.69, 9.17) is 14.5 Å². The highest BCUT2D eigenvalue weighted by atomic mass is 16.6. The van der Waals surface area contributed by atoms with Crippen molar-refractivity contribution in [3.63, 3.8) is 0 Å². The molecule has 1 amide bonds. The molecule has 2 aliphatic heterocycles. The van der Waals surface area contributed by atoms with Crippen LogP contribution < -0.4 is 19.7 Å². The molecule has 170 valence electrons. The molecule has 1 saturated heterocycles. The van der Waals surface area contributed by atoms with Gasteiger partial charge in [-0.2, -0.15) is 4.98 Å². The monoisotopic (exact) mass is 445 g/mol. The minimum atomic E-state index is -0.619. The Morgan fingerprint density at radius 3 is 2.45 bits per heavy atom. The van der Waals surface area contributed by atoms with Crippen LogP contribution in [0.4, 0.5) is 17.5 Å². The first kappa shape index (κ1) is 21.1. The quantitative estimate of drug-likeness (QED) is 0.660. The number of hydrogen-bond donors (Lipinski definition) is 1. The molecular weight excluding hydrogens is 418 g/mol. The number of aromatic nitrogens is 2. The van der Waals surface area contributed by atoms with Crippen molar-refractivity contribution in [1.82, 2.24) is 14.9 Å². The van der Waals surface area contributed by atoms with Crippen LogP contribution in [0.3, 0.4) is 0 Å². The van der Waals surface area contributed by atoms with E-state index in [2.05, 4.69) is 34.3 Å². The zero-order chi connectivity index (χ0) is 22.8. The molecule has 0 saturated carbocycles. The third-order valence-corrected chi connectivity index (χ3v) is 5.82. The number of hydrogen-bond acceptors (Lipinski definition) is 7. The van der Waals surface area contributed by atoms with E-state index in [-0.39, 0.29) is 12.5 Å². The molecule has 0 bridgehead atoms. The van der Waals surface area contributed by atoms with Crippen LogP contribution in [-0.4, -0.2) is 59.7 Å². The number of anilines is 3. The molecule has 0 spiro atoms. The zero-order valence-electron chi connectivity index (χ0n) is 18.8. The van der Waals surface area contributed by atoms with Gasteiger partial charge in [0.1, 0.15) is 12.4 Å². The topological polar surface area (TPSA) is 79.8 Å². The molecule has 8 nitrogen and oxygen atoms in total. The molecule has 1 fully saturated rings. The molecule has 2 aromatic carbocycles. The van der Waals surface area contributed by atoms with Crippen LogP contribution in [0.1, 0.15) is 11.3 Å². The standard InChI is InChI=1S/C25H27N5O3/c1-17-7-9-19(10-8-17)27-23-15-18(2)26-25(28-23)30-13-11-29(12-14-30)24(31)22-16-32-20-5-3-4-6-21(20)33-22/h3-10,15,22H,11-14,16H2,1-2H3,(H,26,27,28). The number of ether oxygens (including phenoxy) is 2. The Kier molecular flexibility index (Phi) is 5.73. The van der Waals surface area contributed by atoms with Crippen molar-refractivity contribution in [2.24, 2.45) is 0 Å². The predicted octanol–water partition coefficient (Wildman–Crippen LogP) is 3.33. The summed E-state index contributed by atoms with van der Waals surface area (Å²) in [5.74, 6) is 2.67. The minimum Gasteiger partial charge on any atom is -0.485 e. The molecule has 2 aliphatic rings. The van der Waals surface area contributed by atoms with Crippen LogP contribution in [0.2, 0.25) is 0 Å². The largest absolute Gasteiger partial charge is 0.485 e. The molecule has 0 radical (unpaired) electrons. The summed E-state index contributed by atoms with van der Waals surface area (Å²) in [6.45, 7) is 6.73. The van der Waals surface area contributed by atoms with Crippen molar-refractivity contribution in [3.05, 3.63) is 65.9 Å². The highest BCUT2D eigenvalue weighted by Gasteiger charge is 2.33. The maximum atomic E-state index is 13.0. The normalized spacial score (nSPS) is 17.6. The van der Waals surface area contributed by atoms with Crippen molar-refractivity contribution in [1.29, 1.82) is 0 Å². The Morgan fingerprint density at radius 2 is 1.70 bits per heavy atom. The van der Waals surface area contributed by atoms with Crippen LogP contribution in [0, 0.1) is 13.8 Å². The first-order valence-electron chi connectivity index (χ1n) is 11.2. The van der Waals surface area contributed by atoms with Crippen LogP contribution in [-0.2, 0) is 4.79 Å². The van der Waals surface area contributed by atoms with E-state index in [1.165, 1.54) is 5.56 Å². The van der Waals surface area contributed by atoms with Crippen molar-refractivity contribution >= 4 is 23.4 Å². The molecule has 33 heavy (non-hydrogen) atoms. The number of carbonyl (C=O) groups excluding carboxylic acids is 1. The molecule has 3 aromatic rings. The zero-order valence-corrected chi connectivity index (χ0v) is 18.8. The summed E-state index contributed by atoms with van der Waals surface area (Å²) in [6, 6.07) is 17.6. The van der Waals surface area contributed by atoms with Gasteiger partial charge in [0, 0.05) is 43.6 Å². The van der Waals surface area contributed by atoms with E-state index in [0.29, 0.717) is 43.6 Å². The van der Waals surface area contributed by atoms with Gasteiger partial charge in [-0.05, 0) is 38.1 Å². The van der Waals surface area contributed by atoms with Crippen molar-refractivity contribution in [2.45, 2.75) is 20.0 Å². The number of nitrogens with zero attached hydrogens (tertiary/aromatic N) is 4. The number of fused-ring (bicyclic) bond motifs is 1. The van der Waals surface area contributed by atoms with E-state index in [9.17, 15) is 4.79 Å². The van der Waals surface area contributed by atoms with Gasteiger partial charge < -0.3 is 24.6 Å². The second-order valence-electron chi connectivity index (χ2n) is 8.36. The van der Waals surface area contributed by atoms with Gasteiger partial charge in [-0.1, -0.05) is 29.8 Å². The summed E-state index contributed by atoms with van der Waals surface area (Å²) >= 11 is 0. The fourth-order valence-electron chi connectivity index (χ4n) is 4.01. The Bertz CT molecular complexity index is 1140. The van der Waals surface area contributed by atoms with Gasteiger partial charge in [-0.3, -0.25) is 4.79 Å². The minimum absolute atomic E-state index is 0.0453. The maximum absolute atomic E-state index is 13.0. The summed E-state index contributed by atoms with van der Waals surface area (Å²) in [6.07, 6.45) is -0.619. The summed E-state index contributed by atoms with van der Waals surface area (Å²) in [4.78, 5) is 26.3. The smallest absolute Gasteiger partial charge is 0.267 e. The fraction of sp³-hybridized carbons (Fsp3) is 0.320. The highest BCUT2D eigenvalue weighted by molar-refractivity contribution is 5.82. The Balaban J connectivity index is 1.21. The molecule has 1 atom stereocenters. The number of nitrogens with one attached hydrogen (secondary N) is 1. The van der Waals surface area contributed by atoms with Gasteiger partial charge in [0.2, 0.25) is 12.1 Å². The van der Waals surface area contributed by atoms with Gasteiger partial charge >= 0.3 is 0 Å². The third kappa shape index (κ3) is 4.69. The average molecular weight is 446 g/mol. The fourth-order valence-corrected chi connectivity index (χ4v) is 4.01. The lowest BCUT2D eigenvalue weighted by Crippen LogP contribution is -2.54. The van der Waals surface area contributed by atoms with Crippen LogP contribution in [0.25, 0.3) is 0 Å². The summed E-state index contributed by atoms with van der Waals surface area (Å²) in [5.41, 5.74) is 3.08. The Labute approximate surface area is 193 Å². The highest BCUT2D eigenvalue weighted by Crippen LogP contribution is 2.31. The molecule has 1 aromatic heterocycles. The molecule has 1 unspecified atom stereocenters. The van der Waals surface area contributed by atoms with Crippen LogP contribution in [0.15, 0.2) is 54.6 Å². The maximum Gasteiger partial charge on any atom is 0.267 e. The summed E-state index contributed by atoms with van der Waals surface area (Å²) in [7, 11) is 0. The number of benzene rings is 2. The first-order valence-corrected chi connectivity index (χ1v) is 11.2. The van der Waals surface area contributed by atoms with Gasteiger partial charge in [0.25, 0.3) is 5.91 Å². The second kappa shape index (κ2) is 8.97. The number of para-hydroxylation sites is 2. The van der Waals surface area contributed by atoms with Crippen molar-refractivity contribution < 1.29 is 14.3 Å². The van der Waals surface area contributed by atoms with E-state index >= 15 is 0 Å². The van der Waals surface area contributed by atoms with Crippen molar-refractivity contribution in [3.8, 4) is 11.5 Å². The lowest BCUT2D eigenvalue weighted by atomic mass is 10.2. The summed E-state index contributed by atoms with van der Waals surface area (Å²) in [5, 5.41) is 3.36. The van der Waals surface area contributed by atoms with Gasteiger partial charge in [0.15, 0.2) is 11.5 Å². The Morgan fingerprint density at radius 1 is 0.970 bits per heavy atom.